The normalized spacial score (nSPS) is 11.0. The molecular weight excluding hydrogens is 166 g/mol. The van der Waals surface area contributed by atoms with Gasteiger partial charge in [-0.05, 0) is 22.8 Å². The standard InChI is InChI=1S/C8H17N5/c1-7(2)5-3-4-6-13-8(9)10-11-12-13/h7H,3-6H2,1-2H3,(H2,9,10,12). The van der Waals surface area contributed by atoms with Crippen molar-refractivity contribution in [3.63, 3.8) is 0 Å². The predicted molar refractivity (Wildman–Crippen MR) is 50.9 cm³/mol. The van der Waals surface area contributed by atoms with E-state index in [-0.39, 0.29) is 0 Å². The lowest BCUT2D eigenvalue weighted by Crippen LogP contribution is -2.05. The third-order valence-electron chi connectivity index (χ3n) is 1.96. The molecule has 0 bridgehead atoms. The number of anilines is 1. The minimum Gasteiger partial charge on any atom is -0.367 e. The zero-order valence-electron chi connectivity index (χ0n) is 8.27. The Morgan fingerprint density at radius 2 is 2.15 bits per heavy atom. The maximum absolute atomic E-state index is 5.51. The van der Waals surface area contributed by atoms with Crippen LogP contribution >= 0.6 is 0 Å². The van der Waals surface area contributed by atoms with Gasteiger partial charge in [0.2, 0.25) is 5.95 Å². The summed E-state index contributed by atoms with van der Waals surface area (Å²) in [6.07, 6.45) is 3.55. The Morgan fingerprint density at radius 3 is 2.69 bits per heavy atom. The zero-order valence-corrected chi connectivity index (χ0v) is 8.27. The molecule has 5 nitrogen and oxygen atoms in total. The van der Waals surface area contributed by atoms with Crippen molar-refractivity contribution in [3.05, 3.63) is 0 Å². The molecule has 0 unspecified atom stereocenters. The summed E-state index contributed by atoms with van der Waals surface area (Å²) >= 11 is 0. The van der Waals surface area contributed by atoms with E-state index in [1.807, 2.05) is 0 Å². The summed E-state index contributed by atoms with van der Waals surface area (Å²) in [5.74, 6) is 1.18. The fraction of sp³-hybridized carbons (Fsp3) is 0.875. The molecule has 0 aliphatic rings. The number of hydrogen-bond donors (Lipinski definition) is 1. The number of tetrazole rings is 1. The Morgan fingerprint density at radius 1 is 1.38 bits per heavy atom. The number of unbranched alkanes of at least 4 members (excludes halogenated alkanes) is 1. The Balaban J connectivity index is 2.17. The number of aryl methyl sites for hydroxylation is 1. The van der Waals surface area contributed by atoms with E-state index in [1.54, 1.807) is 4.68 Å². The third kappa shape index (κ3) is 3.40. The molecule has 5 heteroatoms. The van der Waals surface area contributed by atoms with E-state index in [9.17, 15) is 0 Å². The molecule has 1 aromatic rings. The van der Waals surface area contributed by atoms with Crippen molar-refractivity contribution in [1.82, 2.24) is 20.2 Å². The van der Waals surface area contributed by atoms with Gasteiger partial charge in [0.15, 0.2) is 0 Å². The summed E-state index contributed by atoms with van der Waals surface area (Å²) in [5, 5.41) is 10.8. The highest BCUT2D eigenvalue weighted by atomic mass is 15.6. The summed E-state index contributed by atoms with van der Waals surface area (Å²) in [7, 11) is 0. The summed E-state index contributed by atoms with van der Waals surface area (Å²) < 4.78 is 1.64. The van der Waals surface area contributed by atoms with Gasteiger partial charge in [-0.15, -0.1) is 0 Å². The van der Waals surface area contributed by atoms with Gasteiger partial charge in [0.25, 0.3) is 0 Å². The van der Waals surface area contributed by atoms with Crippen molar-refractivity contribution in [2.24, 2.45) is 5.92 Å². The lowest BCUT2D eigenvalue weighted by molar-refractivity contribution is 0.488. The van der Waals surface area contributed by atoms with E-state index in [0.717, 1.165) is 18.9 Å². The van der Waals surface area contributed by atoms with E-state index >= 15 is 0 Å². The second kappa shape index (κ2) is 4.79. The largest absolute Gasteiger partial charge is 0.367 e. The van der Waals surface area contributed by atoms with Crippen LogP contribution in [-0.4, -0.2) is 20.2 Å². The first kappa shape index (κ1) is 9.95. The van der Waals surface area contributed by atoms with E-state index < -0.39 is 0 Å². The number of aromatic nitrogens is 4. The molecule has 74 valence electrons. The van der Waals surface area contributed by atoms with Crippen LogP contribution in [0.2, 0.25) is 0 Å². The Labute approximate surface area is 78.3 Å². The van der Waals surface area contributed by atoms with Crippen LogP contribution in [0.25, 0.3) is 0 Å². The summed E-state index contributed by atoms with van der Waals surface area (Å²) in [6, 6.07) is 0. The van der Waals surface area contributed by atoms with Gasteiger partial charge < -0.3 is 5.73 Å². The molecule has 0 saturated carbocycles. The molecule has 1 rings (SSSR count). The second-order valence-corrected chi connectivity index (χ2v) is 3.65. The number of hydrogen-bond acceptors (Lipinski definition) is 4. The van der Waals surface area contributed by atoms with Gasteiger partial charge in [0.05, 0.1) is 0 Å². The van der Waals surface area contributed by atoms with Crippen molar-refractivity contribution < 1.29 is 0 Å². The van der Waals surface area contributed by atoms with Crippen molar-refractivity contribution in [3.8, 4) is 0 Å². The molecule has 2 N–H and O–H groups in total. The first-order chi connectivity index (χ1) is 6.20. The SMILES string of the molecule is CC(C)CCCCn1nnnc1N. The average Bonchev–Trinajstić information content (AvgIpc) is 2.45. The average molecular weight is 183 g/mol. The van der Waals surface area contributed by atoms with Gasteiger partial charge in [0, 0.05) is 6.54 Å². The van der Waals surface area contributed by atoms with Gasteiger partial charge in [-0.3, -0.25) is 0 Å². The second-order valence-electron chi connectivity index (χ2n) is 3.65. The highest BCUT2D eigenvalue weighted by molar-refractivity contribution is 5.09. The minimum absolute atomic E-state index is 0.407. The molecule has 13 heavy (non-hydrogen) atoms. The summed E-state index contributed by atoms with van der Waals surface area (Å²) in [5.41, 5.74) is 5.51. The smallest absolute Gasteiger partial charge is 0.240 e. The number of rotatable bonds is 5. The molecule has 0 aromatic carbocycles. The number of nitrogen functional groups attached to an aromatic ring is 1. The minimum atomic E-state index is 0.407. The van der Waals surface area contributed by atoms with E-state index in [0.29, 0.717) is 5.95 Å². The van der Waals surface area contributed by atoms with Crippen LogP contribution in [-0.2, 0) is 6.54 Å². The van der Waals surface area contributed by atoms with Crippen molar-refractivity contribution in [2.45, 2.75) is 39.7 Å². The molecule has 0 atom stereocenters. The highest BCUT2D eigenvalue weighted by Crippen LogP contribution is 2.07. The van der Waals surface area contributed by atoms with Crippen LogP contribution in [0.1, 0.15) is 33.1 Å². The topological polar surface area (TPSA) is 69.6 Å². The molecule has 0 aliphatic heterocycles. The quantitative estimate of drug-likeness (QED) is 0.693. The molecule has 0 saturated heterocycles. The van der Waals surface area contributed by atoms with Crippen LogP contribution in [0.15, 0.2) is 0 Å². The Kier molecular flexibility index (Phi) is 3.67. The maximum atomic E-state index is 5.51. The monoisotopic (exact) mass is 183 g/mol. The lowest BCUT2D eigenvalue weighted by Gasteiger charge is -2.04. The van der Waals surface area contributed by atoms with Crippen LogP contribution in [0.3, 0.4) is 0 Å². The zero-order chi connectivity index (χ0) is 9.68. The molecular formula is C8H17N5. The molecule has 0 fully saturated rings. The van der Waals surface area contributed by atoms with E-state index in [2.05, 4.69) is 29.4 Å². The summed E-state index contributed by atoms with van der Waals surface area (Å²) in [4.78, 5) is 0. The molecule has 0 amide bonds. The fourth-order valence-corrected chi connectivity index (χ4v) is 1.18. The van der Waals surface area contributed by atoms with Gasteiger partial charge in [-0.2, -0.15) is 0 Å². The Hall–Kier alpha value is -1.13. The maximum Gasteiger partial charge on any atom is 0.240 e. The van der Waals surface area contributed by atoms with Crippen LogP contribution in [0, 0.1) is 5.92 Å². The van der Waals surface area contributed by atoms with Gasteiger partial charge in [-0.1, -0.05) is 31.8 Å². The summed E-state index contributed by atoms with van der Waals surface area (Å²) in [6.45, 7) is 5.28. The molecule has 0 radical (unpaired) electrons. The van der Waals surface area contributed by atoms with Gasteiger partial charge in [-0.25, -0.2) is 4.68 Å². The first-order valence-electron chi connectivity index (χ1n) is 4.72. The molecule has 0 aliphatic carbocycles. The fourth-order valence-electron chi connectivity index (χ4n) is 1.18. The predicted octanol–water partition coefficient (Wildman–Crippen LogP) is 1.08. The Bertz CT molecular complexity index is 242. The van der Waals surface area contributed by atoms with Crippen molar-refractivity contribution in [1.29, 1.82) is 0 Å². The molecule has 1 heterocycles. The highest BCUT2D eigenvalue weighted by Gasteiger charge is 2.00. The van der Waals surface area contributed by atoms with Crippen LogP contribution in [0.5, 0.6) is 0 Å². The van der Waals surface area contributed by atoms with Crippen LogP contribution in [0.4, 0.5) is 5.95 Å². The number of nitrogens with zero attached hydrogens (tertiary/aromatic N) is 4. The third-order valence-corrected chi connectivity index (χ3v) is 1.96. The number of nitrogens with two attached hydrogens (primary N) is 1. The first-order valence-corrected chi connectivity index (χ1v) is 4.72. The lowest BCUT2D eigenvalue weighted by atomic mass is 10.1. The van der Waals surface area contributed by atoms with Crippen LogP contribution < -0.4 is 5.73 Å². The molecule has 0 spiro atoms. The molecule has 1 aromatic heterocycles. The van der Waals surface area contributed by atoms with Gasteiger partial charge in [0.1, 0.15) is 0 Å². The van der Waals surface area contributed by atoms with Crippen molar-refractivity contribution >= 4 is 5.95 Å². The van der Waals surface area contributed by atoms with Crippen molar-refractivity contribution in [2.75, 3.05) is 5.73 Å². The van der Waals surface area contributed by atoms with E-state index in [4.69, 9.17) is 5.73 Å². The van der Waals surface area contributed by atoms with E-state index in [1.165, 1.54) is 12.8 Å². The van der Waals surface area contributed by atoms with Gasteiger partial charge >= 0.3 is 0 Å².